The summed E-state index contributed by atoms with van der Waals surface area (Å²) in [6.07, 6.45) is 52.8. The van der Waals surface area contributed by atoms with Crippen molar-refractivity contribution in [2.75, 3.05) is 47.5 Å². The molecule has 1 unspecified atom stereocenters. The summed E-state index contributed by atoms with van der Waals surface area (Å²) in [4.78, 5) is 37.8. The summed E-state index contributed by atoms with van der Waals surface area (Å²) < 4.78 is 34.1. The first-order valence-electron chi connectivity index (χ1n) is 28.2. The van der Waals surface area contributed by atoms with Crippen molar-refractivity contribution in [1.82, 2.24) is 0 Å². The standard InChI is InChI=1S/C55H110NO8P/c1-6-8-10-12-14-16-18-20-22-24-26-27-28-29-30-32-33-35-37-39-41-43-45-47-54(57)61-51-53(52-63-65(59,60)62-50-49-56(3,4)5)64-55(58)48-46-44-42-40-38-36-34-31-25-23-21-19-17-15-13-11-9-7-2/h53H,6-52H2,1-5H3/t53-/m0/s1. The summed E-state index contributed by atoms with van der Waals surface area (Å²) in [6.45, 7) is 4.31. The van der Waals surface area contributed by atoms with Gasteiger partial charge in [-0.25, -0.2) is 0 Å². The minimum Gasteiger partial charge on any atom is -0.756 e. The van der Waals surface area contributed by atoms with Gasteiger partial charge in [0.15, 0.2) is 6.10 Å². The van der Waals surface area contributed by atoms with Crippen molar-refractivity contribution in [2.45, 2.75) is 296 Å². The third-order valence-electron chi connectivity index (χ3n) is 12.9. The van der Waals surface area contributed by atoms with Gasteiger partial charge < -0.3 is 27.9 Å². The first kappa shape index (κ1) is 64.0. The predicted octanol–water partition coefficient (Wildman–Crippen LogP) is 16.5. The molecule has 0 aliphatic rings. The maximum Gasteiger partial charge on any atom is 0.306 e. The van der Waals surface area contributed by atoms with Gasteiger partial charge in [-0.2, -0.15) is 0 Å². The zero-order valence-corrected chi connectivity index (χ0v) is 44.9. The second-order valence-electron chi connectivity index (χ2n) is 20.7. The van der Waals surface area contributed by atoms with E-state index in [4.69, 9.17) is 18.5 Å². The number of phosphoric ester groups is 1. The molecule has 10 heteroatoms. The second kappa shape index (κ2) is 48.1. The second-order valence-corrected chi connectivity index (χ2v) is 22.1. The number of hydrogen-bond donors (Lipinski definition) is 0. The van der Waals surface area contributed by atoms with Crippen molar-refractivity contribution < 1.29 is 42.1 Å². The third kappa shape index (κ3) is 52.2. The number of phosphoric acid groups is 1. The molecule has 0 amide bonds. The lowest BCUT2D eigenvalue weighted by Gasteiger charge is -2.28. The molecule has 9 nitrogen and oxygen atoms in total. The number of carbonyl (C=O) groups is 2. The van der Waals surface area contributed by atoms with Gasteiger partial charge in [0.1, 0.15) is 19.8 Å². The Kier molecular flexibility index (Phi) is 47.3. The minimum absolute atomic E-state index is 0.0252. The molecule has 0 saturated heterocycles. The fraction of sp³-hybridized carbons (Fsp3) is 0.964. The van der Waals surface area contributed by atoms with Crippen molar-refractivity contribution in [3.63, 3.8) is 0 Å². The SMILES string of the molecule is CCCCCCCCCCCCCCCCCCCCCCCCCC(=O)OC[C@@H](COP(=O)([O-])OCC[N+](C)(C)C)OC(=O)CCCCCCCCCCCCCCCCCCCC. The number of nitrogens with zero attached hydrogens (tertiary/aromatic N) is 1. The quantitative estimate of drug-likeness (QED) is 0.0257. The van der Waals surface area contributed by atoms with Crippen LogP contribution in [0, 0.1) is 0 Å². The average molecular weight is 944 g/mol. The highest BCUT2D eigenvalue weighted by atomic mass is 31.2. The maximum absolute atomic E-state index is 12.8. The van der Waals surface area contributed by atoms with E-state index in [9.17, 15) is 19.0 Å². The van der Waals surface area contributed by atoms with E-state index in [1.54, 1.807) is 0 Å². The van der Waals surface area contributed by atoms with Gasteiger partial charge in [0.2, 0.25) is 0 Å². The lowest BCUT2D eigenvalue weighted by molar-refractivity contribution is -0.870. The van der Waals surface area contributed by atoms with Crippen molar-refractivity contribution >= 4 is 19.8 Å². The summed E-state index contributed by atoms with van der Waals surface area (Å²) in [5.74, 6) is -0.810. The number of quaternary nitrogens is 1. The molecule has 0 aromatic carbocycles. The lowest BCUT2D eigenvalue weighted by Crippen LogP contribution is -2.37. The first-order chi connectivity index (χ1) is 31.5. The van der Waals surface area contributed by atoms with Gasteiger partial charge in [0.25, 0.3) is 7.82 Å². The Labute approximate surface area is 404 Å². The van der Waals surface area contributed by atoms with Crippen LogP contribution in [0.3, 0.4) is 0 Å². The monoisotopic (exact) mass is 944 g/mol. The van der Waals surface area contributed by atoms with E-state index in [0.29, 0.717) is 17.4 Å². The van der Waals surface area contributed by atoms with Crippen LogP contribution < -0.4 is 4.89 Å². The van der Waals surface area contributed by atoms with Crippen molar-refractivity contribution in [3.05, 3.63) is 0 Å². The molecular formula is C55H110NO8P. The molecule has 0 fully saturated rings. The van der Waals surface area contributed by atoms with Crippen LogP contribution >= 0.6 is 7.82 Å². The molecule has 0 rings (SSSR count). The van der Waals surface area contributed by atoms with E-state index in [0.717, 1.165) is 32.1 Å². The Balaban J connectivity index is 4.11. The highest BCUT2D eigenvalue weighted by Gasteiger charge is 2.22. The Morgan fingerprint density at radius 2 is 0.692 bits per heavy atom. The number of rotatable bonds is 53. The summed E-state index contributed by atoms with van der Waals surface area (Å²) in [7, 11) is 1.19. The summed E-state index contributed by atoms with van der Waals surface area (Å²) in [6, 6.07) is 0. The van der Waals surface area contributed by atoms with Crippen LogP contribution in [-0.4, -0.2) is 70.0 Å². The Hall–Kier alpha value is -0.990. The van der Waals surface area contributed by atoms with Gasteiger partial charge in [0.05, 0.1) is 27.7 Å². The normalized spacial score (nSPS) is 13.3. The molecule has 0 aliphatic heterocycles. The zero-order valence-electron chi connectivity index (χ0n) is 44.0. The molecule has 0 N–H and O–H groups in total. The predicted molar refractivity (Wildman–Crippen MR) is 273 cm³/mol. The molecule has 0 aliphatic carbocycles. The van der Waals surface area contributed by atoms with Gasteiger partial charge >= 0.3 is 11.9 Å². The largest absolute Gasteiger partial charge is 0.756 e. The van der Waals surface area contributed by atoms with Gasteiger partial charge in [-0.3, -0.25) is 14.2 Å². The number of hydrogen-bond acceptors (Lipinski definition) is 8. The number of likely N-dealkylation sites (N-methyl/N-ethyl adjacent to an activating group) is 1. The third-order valence-corrected chi connectivity index (χ3v) is 13.8. The number of carbonyl (C=O) groups excluding carboxylic acids is 2. The molecule has 0 spiro atoms. The molecule has 0 aromatic rings. The molecule has 0 saturated carbocycles. The van der Waals surface area contributed by atoms with Crippen LogP contribution in [0.15, 0.2) is 0 Å². The summed E-state index contributed by atoms with van der Waals surface area (Å²) in [5, 5.41) is 0. The highest BCUT2D eigenvalue weighted by Crippen LogP contribution is 2.38. The van der Waals surface area contributed by atoms with E-state index in [2.05, 4.69) is 13.8 Å². The van der Waals surface area contributed by atoms with Gasteiger partial charge in [0, 0.05) is 12.8 Å². The molecule has 0 heterocycles. The molecule has 65 heavy (non-hydrogen) atoms. The summed E-state index contributed by atoms with van der Waals surface area (Å²) >= 11 is 0. The Morgan fingerprint density at radius 3 is 0.985 bits per heavy atom. The molecule has 388 valence electrons. The topological polar surface area (TPSA) is 111 Å². The minimum atomic E-state index is -4.62. The van der Waals surface area contributed by atoms with E-state index < -0.39 is 26.5 Å². The Morgan fingerprint density at radius 1 is 0.415 bits per heavy atom. The number of esters is 2. The first-order valence-corrected chi connectivity index (χ1v) is 29.7. The molecule has 0 bridgehead atoms. The van der Waals surface area contributed by atoms with E-state index in [-0.39, 0.29) is 32.0 Å². The van der Waals surface area contributed by atoms with Crippen LogP contribution in [0.4, 0.5) is 0 Å². The van der Waals surface area contributed by atoms with E-state index in [1.165, 1.54) is 225 Å². The maximum atomic E-state index is 12.8. The van der Waals surface area contributed by atoms with E-state index in [1.807, 2.05) is 21.1 Å². The van der Waals surface area contributed by atoms with Crippen LogP contribution in [0.2, 0.25) is 0 Å². The van der Waals surface area contributed by atoms with Gasteiger partial charge in [-0.15, -0.1) is 0 Å². The van der Waals surface area contributed by atoms with Gasteiger partial charge in [-0.1, -0.05) is 264 Å². The van der Waals surface area contributed by atoms with Crippen LogP contribution in [0.1, 0.15) is 290 Å². The lowest BCUT2D eigenvalue weighted by atomic mass is 10.0. The smallest absolute Gasteiger partial charge is 0.306 e. The Bertz CT molecular complexity index is 1070. The van der Waals surface area contributed by atoms with Crippen molar-refractivity contribution in [3.8, 4) is 0 Å². The van der Waals surface area contributed by atoms with Crippen molar-refractivity contribution in [1.29, 1.82) is 0 Å². The van der Waals surface area contributed by atoms with Crippen molar-refractivity contribution in [2.24, 2.45) is 0 Å². The summed E-state index contributed by atoms with van der Waals surface area (Å²) in [5.41, 5.74) is 0. The van der Waals surface area contributed by atoms with E-state index >= 15 is 0 Å². The molecule has 0 radical (unpaired) electrons. The van der Waals surface area contributed by atoms with Gasteiger partial charge in [-0.05, 0) is 12.8 Å². The molecule has 0 aromatic heterocycles. The number of ether oxygens (including phenoxy) is 2. The average Bonchev–Trinajstić information content (AvgIpc) is 3.26. The van der Waals surface area contributed by atoms with Crippen LogP contribution in [-0.2, 0) is 32.7 Å². The fourth-order valence-corrected chi connectivity index (χ4v) is 9.21. The number of unbranched alkanes of at least 4 members (excludes halogenated alkanes) is 39. The molecular weight excluding hydrogens is 834 g/mol. The van der Waals surface area contributed by atoms with Crippen LogP contribution in [0.25, 0.3) is 0 Å². The zero-order chi connectivity index (χ0) is 47.8. The highest BCUT2D eigenvalue weighted by molar-refractivity contribution is 7.45. The van der Waals surface area contributed by atoms with Crippen LogP contribution in [0.5, 0.6) is 0 Å². The molecule has 2 atom stereocenters. The fourth-order valence-electron chi connectivity index (χ4n) is 8.48.